The average molecular weight is 416 g/mol. The summed E-state index contributed by atoms with van der Waals surface area (Å²) < 4.78 is 13.5. The maximum Gasteiger partial charge on any atom is 0.238 e. The number of halogens is 3. The van der Waals surface area contributed by atoms with Gasteiger partial charge in [-0.2, -0.15) is 0 Å². The van der Waals surface area contributed by atoms with Crippen LogP contribution in [-0.2, 0) is 17.9 Å². The molecule has 2 heterocycles. The fraction of sp³-hybridized carbons (Fsp3) is 0.316. The standard InChI is InChI=1S/C19H20Cl2N2O2.ClH/c1-12-13(2)23(8-9-24-3)18-15(12)6-7-22-19(18)25-11-14-4-5-16(20)17(21)10-14;/h4-7,10H,8-9,11H2,1-3H3;1H. The molecule has 2 aromatic heterocycles. The van der Waals surface area contributed by atoms with E-state index in [2.05, 4.69) is 23.4 Å². The summed E-state index contributed by atoms with van der Waals surface area (Å²) in [5, 5.41) is 2.20. The minimum atomic E-state index is 0. The number of nitrogens with zero attached hydrogens (tertiary/aromatic N) is 2. The zero-order valence-electron chi connectivity index (χ0n) is 14.9. The molecule has 0 spiro atoms. The lowest BCUT2D eigenvalue weighted by Gasteiger charge is -2.12. The summed E-state index contributed by atoms with van der Waals surface area (Å²) in [6.07, 6.45) is 1.78. The van der Waals surface area contributed by atoms with Crippen molar-refractivity contribution in [2.24, 2.45) is 0 Å². The predicted molar refractivity (Wildman–Crippen MR) is 109 cm³/mol. The molecule has 0 aliphatic heterocycles. The number of ether oxygens (including phenoxy) is 2. The SMILES string of the molecule is COCCn1c(C)c(C)c2ccnc(OCc3ccc(Cl)c(Cl)c3)c21.Cl. The third-order valence-electron chi connectivity index (χ3n) is 4.39. The van der Waals surface area contributed by atoms with Gasteiger partial charge in [0.15, 0.2) is 0 Å². The molecule has 0 atom stereocenters. The van der Waals surface area contributed by atoms with Gasteiger partial charge in [0, 0.05) is 30.9 Å². The largest absolute Gasteiger partial charge is 0.471 e. The summed E-state index contributed by atoms with van der Waals surface area (Å²) >= 11 is 12.0. The van der Waals surface area contributed by atoms with Crippen LogP contribution in [0.25, 0.3) is 10.9 Å². The molecule has 0 N–H and O–H groups in total. The first-order chi connectivity index (χ1) is 12.0. The van der Waals surface area contributed by atoms with Crippen LogP contribution in [-0.4, -0.2) is 23.3 Å². The second-order valence-electron chi connectivity index (χ2n) is 5.90. The van der Waals surface area contributed by atoms with Crippen LogP contribution >= 0.6 is 35.6 Å². The second kappa shape index (κ2) is 8.96. The van der Waals surface area contributed by atoms with Crippen LogP contribution in [0.5, 0.6) is 5.88 Å². The van der Waals surface area contributed by atoms with E-state index in [0.29, 0.717) is 29.1 Å². The van der Waals surface area contributed by atoms with Gasteiger partial charge < -0.3 is 14.0 Å². The smallest absolute Gasteiger partial charge is 0.238 e. The van der Waals surface area contributed by atoms with Gasteiger partial charge in [0.05, 0.1) is 16.7 Å². The van der Waals surface area contributed by atoms with Crippen LogP contribution in [0.15, 0.2) is 30.5 Å². The van der Waals surface area contributed by atoms with Gasteiger partial charge in [0.2, 0.25) is 5.88 Å². The van der Waals surface area contributed by atoms with Crippen LogP contribution < -0.4 is 4.74 Å². The molecule has 0 fully saturated rings. The minimum absolute atomic E-state index is 0. The summed E-state index contributed by atoms with van der Waals surface area (Å²) in [5.74, 6) is 0.607. The van der Waals surface area contributed by atoms with Crippen molar-refractivity contribution in [3.8, 4) is 5.88 Å². The van der Waals surface area contributed by atoms with Gasteiger partial charge in [0.25, 0.3) is 0 Å². The number of rotatable bonds is 6. The number of methoxy groups -OCH3 is 1. The molecular weight excluding hydrogens is 395 g/mol. The molecule has 0 bridgehead atoms. The van der Waals surface area contributed by atoms with Crippen molar-refractivity contribution in [1.29, 1.82) is 0 Å². The Labute approximate surface area is 169 Å². The molecule has 3 rings (SSSR count). The van der Waals surface area contributed by atoms with Gasteiger partial charge in [-0.1, -0.05) is 29.3 Å². The molecule has 4 nitrogen and oxygen atoms in total. The average Bonchev–Trinajstić information content (AvgIpc) is 2.86. The maximum atomic E-state index is 6.08. The van der Waals surface area contributed by atoms with Crippen LogP contribution in [0.4, 0.5) is 0 Å². The molecule has 0 amide bonds. The first-order valence-electron chi connectivity index (χ1n) is 8.03. The quantitative estimate of drug-likeness (QED) is 0.525. The summed E-state index contributed by atoms with van der Waals surface area (Å²) in [5.41, 5.74) is 4.36. The summed E-state index contributed by atoms with van der Waals surface area (Å²) in [6.45, 7) is 5.97. The van der Waals surface area contributed by atoms with Crippen LogP contribution in [0.2, 0.25) is 10.0 Å². The Kier molecular flexibility index (Phi) is 7.18. The fourth-order valence-electron chi connectivity index (χ4n) is 2.91. The highest BCUT2D eigenvalue weighted by atomic mass is 35.5. The summed E-state index contributed by atoms with van der Waals surface area (Å²) in [4.78, 5) is 4.44. The topological polar surface area (TPSA) is 36.3 Å². The first-order valence-corrected chi connectivity index (χ1v) is 8.78. The van der Waals surface area contributed by atoms with E-state index in [-0.39, 0.29) is 12.4 Å². The molecule has 0 saturated heterocycles. The number of aromatic nitrogens is 2. The van der Waals surface area contributed by atoms with Gasteiger partial charge in [-0.15, -0.1) is 12.4 Å². The third kappa shape index (κ3) is 4.09. The molecule has 0 saturated carbocycles. The third-order valence-corrected chi connectivity index (χ3v) is 5.13. The van der Waals surface area contributed by atoms with E-state index in [1.165, 1.54) is 11.3 Å². The zero-order valence-corrected chi connectivity index (χ0v) is 17.2. The molecule has 1 aromatic carbocycles. The molecule has 0 unspecified atom stereocenters. The van der Waals surface area contributed by atoms with Crippen LogP contribution in [0, 0.1) is 13.8 Å². The van der Waals surface area contributed by atoms with Crippen molar-refractivity contribution in [3.05, 3.63) is 57.3 Å². The highest BCUT2D eigenvalue weighted by molar-refractivity contribution is 6.42. The number of hydrogen-bond donors (Lipinski definition) is 0. The number of fused-ring (bicyclic) bond motifs is 1. The Morgan fingerprint density at radius 2 is 1.88 bits per heavy atom. The number of benzene rings is 1. The van der Waals surface area contributed by atoms with Gasteiger partial charge in [0.1, 0.15) is 12.1 Å². The van der Waals surface area contributed by atoms with Crippen LogP contribution in [0.1, 0.15) is 16.8 Å². The Morgan fingerprint density at radius 3 is 2.58 bits per heavy atom. The molecule has 0 aliphatic rings. The molecule has 3 aromatic rings. The Morgan fingerprint density at radius 1 is 1.12 bits per heavy atom. The van der Waals surface area contributed by atoms with Crippen molar-refractivity contribution in [1.82, 2.24) is 9.55 Å². The lowest BCUT2D eigenvalue weighted by atomic mass is 10.2. The van der Waals surface area contributed by atoms with Crippen molar-refractivity contribution in [3.63, 3.8) is 0 Å². The maximum absolute atomic E-state index is 6.08. The Hall–Kier alpha value is -1.46. The molecule has 0 radical (unpaired) electrons. The molecule has 26 heavy (non-hydrogen) atoms. The van der Waals surface area contributed by atoms with Gasteiger partial charge in [-0.25, -0.2) is 4.98 Å². The summed E-state index contributed by atoms with van der Waals surface area (Å²) in [6, 6.07) is 7.50. The van der Waals surface area contributed by atoms with Gasteiger partial charge in [-0.05, 0) is 43.2 Å². The number of hydrogen-bond acceptors (Lipinski definition) is 3. The van der Waals surface area contributed by atoms with Crippen molar-refractivity contribution in [2.45, 2.75) is 27.0 Å². The highest BCUT2D eigenvalue weighted by Gasteiger charge is 2.16. The van der Waals surface area contributed by atoms with Crippen LogP contribution in [0.3, 0.4) is 0 Å². The lowest BCUT2D eigenvalue weighted by Crippen LogP contribution is -2.07. The zero-order chi connectivity index (χ0) is 18.0. The van der Waals surface area contributed by atoms with Crippen molar-refractivity contribution >= 4 is 46.5 Å². The van der Waals surface area contributed by atoms with E-state index in [0.717, 1.165) is 23.0 Å². The van der Waals surface area contributed by atoms with E-state index in [1.807, 2.05) is 18.2 Å². The second-order valence-corrected chi connectivity index (χ2v) is 6.72. The van der Waals surface area contributed by atoms with E-state index in [1.54, 1.807) is 19.4 Å². The Bertz CT molecular complexity index is 909. The molecule has 0 aliphatic carbocycles. The van der Waals surface area contributed by atoms with E-state index < -0.39 is 0 Å². The van der Waals surface area contributed by atoms with E-state index >= 15 is 0 Å². The van der Waals surface area contributed by atoms with Gasteiger partial charge in [-0.3, -0.25) is 0 Å². The van der Waals surface area contributed by atoms with Crippen molar-refractivity contribution in [2.75, 3.05) is 13.7 Å². The number of pyridine rings is 1. The predicted octanol–water partition coefficient (Wildman–Crippen LogP) is 5.61. The van der Waals surface area contributed by atoms with Crippen molar-refractivity contribution < 1.29 is 9.47 Å². The highest BCUT2D eigenvalue weighted by Crippen LogP contribution is 2.31. The van der Waals surface area contributed by atoms with E-state index in [4.69, 9.17) is 32.7 Å². The molecular formula is C19H21Cl3N2O2. The lowest BCUT2D eigenvalue weighted by molar-refractivity contribution is 0.187. The first kappa shape index (κ1) is 20.8. The fourth-order valence-corrected chi connectivity index (χ4v) is 3.23. The van der Waals surface area contributed by atoms with Gasteiger partial charge >= 0.3 is 0 Å². The van der Waals surface area contributed by atoms with E-state index in [9.17, 15) is 0 Å². The normalized spacial score (nSPS) is 10.8. The molecule has 140 valence electrons. The Balaban J connectivity index is 0.00000243. The number of aryl methyl sites for hydroxylation is 1. The monoisotopic (exact) mass is 414 g/mol. The molecule has 7 heteroatoms. The summed E-state index contributed by atoms with van der Waals surface area (Å²) in [7, 11) is 1.70. The minimum Gasteiger partial charge on any atom is -0.471 e.